The zero-order chi connectivity index (χ0) is 22.3. The van der Waals surface area contributed by atoms with Gasteiger partial charge in [0.05, 0.1) is 6.54 Å². The smallest absolute Gasteiger partial charge is 0.105 e. The predicted octanol–water partition coefficient (Wildman–Crippen LogP) is 8.32. The average Bonchev–Trinajstić information content (AvgIpc) is 2.83. The Balaban J connectivity index is 1.79. The number of nitrogens with zero attached hydrogens (tertiary/aromatic N) is 1. The van der Waals surface area contributed by atoms with Crippen molar-refractivity contribution in [3.8, 4) is 0 Å². The predicted molar refractivity (Wildman–Crippen MR) is 138 cm³/mol. The molecule has 0 spiro atoms. The molecule has 0 aliphatic heterocycles. The van der Waals surface area contributed by atoms with Crippen LogP contribution < -0.4 is 0 Å². The highest BCUT2D eigenvalue weighted by atomic mass is 15.3. The van der Waals surface area contributed by atoms with E-state index in [1.807, 2.05) is 0 Å². The maximum Gasteiger partial charge on any atom is 0.105 e. The molecule has 0 radical (unpaired) electrons. The van der Waals surface area contributed by atoms with Crippen LogP contribution in [-0.2, 0) is 19.6 Å². The Bertz CT molecular complexity index is 782. The van der Waals surface area contributed by atoms with E-state index in [4.69, 9.17) is 0 Å². The molecule has 0 aliphatic carbocycles. The number of quaternary nitrogens is 1. The second kappa shape index (κ2) is 13.7. The fourth-order valence-electron chi connectivity index (χ4n) is 4.59. The first-order valence-electron chi connectivity index (χ1n) is 12.4. The summed E-state index contributed by atoms with van der Waals surface area (Å²) in [5, 5.41) is 0. The lowest BCUT2D eigenvalue weighted by Gasteiger charge is -2.39. The van der Waals surface area contributed by atoms with Crippen molar-refractivity contribution in [2.75, 3.05) is 6.54 Å². The van der Waals surface area contributed by atoms with Crippen molar-refractivity contribution in [3.05, 3.63) is 120 Å². The van der Waals surface area contributed by atoms with Crippen LogP contribution in [0.2, 0.25) is 0 Å². The number of benzene rings is 3. The quantitative estimate of drug-likeness (QED) is 0.138. The molecular formula is C31H40N+. The van der Waals surface area contributed by atoms with Gasteiger partial charge in [0.15, 0.2) is 0 Å². The molecule has 3 aromatic carbocycles. The van der Waals surface area contributed by atoms with Crippen LogP contribution in [0.4, 0.5) is 0 Å². The summed E-state index contributed by atoms with van der Waals surface area (Å²) in [6.45, 7) is 6.57. The zero-order valence-electron chi connectivity index (χ0n) is 19.8. The molecule has 0 bridgehead atoms. The van der Waals surface area contributed by atoms with Gasteiger partial charge in [0, 0.05) is 23.1 Å². The molecular weight excluding hydrogens is 386 g/mol. The molecule has 0 amide bonds. The molecule has 0 fully saturated rings. The zero-order valence-corrected chi connectivity index (χ0v) is 19.8. The van der Waals surface area contributed by atoms with E-state index in [2.05, 4.69) is 110 Å². The first-order chi connectivity index (χ1) is 15.8. The number of allylic oxidation sites excluding steroid dienone is 1. The lowest BCUT2D eigenvalue weighted by atomic mass is 10.1. The molecule has 1 nitrogen and oxygen atoms in total. The van der Waals surface area contributed by atoms with Gasteiger partial charge in [-0.15, -0.1) is 0 Å². The molecule has 0 unspecified atom stereocenters. The minimum atomic E-state index is 1.04. The van der Waals surface area contributed by atoms with E-state index in [-0.39, 0.29) is 0 Å². The molecule has 3 rings (SSSR count). The van der Waals surface area contributed by atoms with Crippen LogP contribution in [0, 0.1) is 0 Å². The van der Waals surface area contributed by atoms with E-state index in [1.165, 1.54) is 48.8 Å². The van der Waals surface area contributed by atoms with Crippen LogP contribution in [0.5, 0.6) is 0 Å². The van der Waals surface area contributed by atoms with E-state index in [0.29, 0.717) is 0 Å². The fourth-order valence-corrected chi connectivity index (χ4v) is 4.59. The molecule has 0 saturated heterocycles. The van der Waals surface area contributed by atoms with Crippen molar-refractivity contribution in [1.82, 2.24) is 0 Å². The van der Waals surface area contributed by atoms with E-state index in [1.54, 1.807) is 0 Å². The molecule has 168 valence electrons. The summed E-state index contributed by atoms with van der Waals surface area (Å²) in [6, 6.07) is 33.1. The van der Waals surface area contributed by atoms with Gasteiger partial charge in [-0.05, 0) is 12.8 Å². The highest BCUT2D eigenvalue weighted by Gasteiger charge is 2.28. The molecule has 32 heavy (non-hydrogen) atoms. The Kier molecular flexibility index (Phi) is 10.3. The fraction of sp³-hybridized carbons (Fsp3) is 0.355. The second-order valence-electron chi connectivity index (χ2n) is 9.11. The first-order valence-corrected chi connectivity index (χ1v) is 12.4. The number of hydrogen-bond acceptors (Lipinski definition) is 0. The number of unbranched alkanes of at least 4 members (excludes halogenated alkanes) is 4. The summed E-state index contributed by atoms with van der Waals surface area (Å²) in [4.78, 5) is 0. The van der Waals surface area contributed by atoms with Gasteiger partial charge in [-0.25, -0.2) is 0 Å². The van der Waals surface area contributed by atoms with Crippen LogP contribution in [-0.4, -0.2) is 11.0 Å². The van der Waals surface area contributed by atoms with Crippen molar-refractivity contribution in [2.24, 2.45) is 0 Å². The van der Waals surface area contributed by atoms with Gasteiger partial charge in [0.2, 0.25) is 0 Å². The van der Waals surface area contributed by atoms with E-state index < -0.39 is 0 Å². The van der Waals surface area contributed by atoms with Gasteiger partial charge in [0.25, 0.3) is 0 Å². The SMILES string of the molecule is CCCCCC/C=C/CC[N+](Cc1ccccc1)(Cc1ccccc1)Cc1ccccc1. The Hall–Kier alpha value is -2.64. The third-order valence-electron chi connectivity index (χ3n) is 6.24. The van der Waals surface area contributed by atoms with Crippen LogP contribution in [0.3, 0.4) is 0 Å². The largest absolute Gasteiger partial charge is 0.312 e. The van der Waals surface area contributed by atoms with Crippen LogP contribution >= 0.6 is 0 Å². The molecule has 0 aromatic heterocycles. The second-order valence-corrected chi connectivity index (χ2v) is 9.11. The van der Waals surface area contributed by atoms with Gasteiger partial charge < -0.3 is 4.48 Å². The first kappa shape index (κ1) is 24.0. The normalized spacial score (nSPS) is 11.8. The summed E-state index contributed by atoms with van der Waals surface area (Å²) < 4.78 is 1.04. The molecule has 0 N–H and O–H groups in total. The topological polar surface area (TPSA) is 0 Å². The lowest BCUT2D eigenvalue weighted by molar-refractivity contribution is -0.965. The number of rotatable bonds is 14. The van der Waals surface area contributed by atoms with E-state index in [9.17, 15) is 0 Å². The van der Waals surface area contributed by atoms with Crippen molar-refractivity contribution < 1.29 is 4.48 Å². The van der Waals surface area contributed by atoms with E-state index >= 15 is 0 Å². The average molecular weight is 427 g/mol. The van der Waals surface area contributed by atoms with Gasteiger partial charge in [-0.3, -0.25) is 0 Å². The molecule has 0 atom stereocenters. The number of hydrogen-bond donors (Lipinski definition) is 0. The molecule has 0 heterocycles. The highest BCUT2D eigenvalue weighted by molar-refractivity contribution is 5.17. The molecule has 0 aliphatic rings. The Morgan fingerprint density at radius 3 is 1.41 bits per heavy atom. The lowest BCUT2D eigenvalue weighted by Crippen LogP contribution is -2.46. The van der Waals surface area contributed by atoms with Gasteiger partial charge in [0.1, 0.15) is 19.6 Å². The monoisotopic (exact) mass is 426 g/mol. The van der Waals surface area contributed by atoms with Crippen molar-refractivity contribution in [3.63, 3.8) is 0 Å². The third-order valence-corrected chi connectivity index (χ3v) is 6.24. The minimum Gasteiger partial charge on any atom is -0.312 e. The maximum atomic E-state index is 2.43. The van der Waals surface area contributed by atoms with Crippen molar-refractivity contribution in [2.45, 2.75) is 65.1 Å². The summed E-state index contributed by atoms with van der Waals surface area (Å²) in [5.74, 6) is 0. The maximum absolute atomic E-state index is 2.43. The van der Waals surface area contributed by atoms with Gasteiger partial charge >= 0.3 is 0 Å². The summed E-state index contributed by atoms with van der Waals surface area (Å²) in [7, 11) is 0. The van der Waals surface area contributed by atoms with Crippen LogP contribution in [0.15, 0.2) is 103 Å². The summed E-state index contributed by atoms with van der Waals surface area (Å²) in [6.07, 6.45) is 12.5. The van der Waals surface area contributed by atoms with Crippen molar-refractivity contribution >= 4 is 0 Å². The Labute approximate surface area is 196 Å². The van der Waals surface area contributed by atoms with Crippen LogP contribution in [0.1, 0.15) is 62.1 Å². The van der Waals surface area contributed by atoms with Gasteiger partial charge in [-0.2, -0.15) is 0 Å². The highest BCUT2D eigenvalue weighted by Crippen LogP contribution is 2.25. The Morgan fingerprint density at radius 2 is 0.969 bits per heavy atom. The Morgan fingerprint density at radius 1 is 0.531 bits per heavy atom. The molecule has 1 heteroatoms. The van der Waals surface area contributed by atoms with Crippen molar-refractivity contribution in [1.29, 1.82) is 0 Å². The minimum absolute atomic E-state index is 1.04. The molecule has 3 aromatic rings. The summed E-state index contributed by atoms with van der Waals surface area (Å²) >= 11 is 0. The van der Waals surface area contributed by atoms with E-state index in [0.717, 1.165) is 37.1 Å². The molecule has 0 saturated carbocycles. The third kappa shape index (κ3) is 8.48. The summed E-state index contributed by atoms with van der Waals surface area (Å²) in [5.41, 5.74) is 4.26. The van der Waals surface area contributed by atoms with Gasteiger partial charge in [-0.1, -0.05) is 129 Å². The van der Waals surface area contributed by atoms with Crippen LogP contribution in [0.25, 0.3) is 0 Å². The standard InChI is InChI=1S/C31H40N/c1-2-3-4-5-6-7-8-18-25-32(26-29-19-12-9-13-20-29,27-30-21-14-10-15-22-30)28-31-23-16-11-17-24-31/h7-17,19-24H,2-6,18,25-28H2,1H3/q+1/b8-7+.